The topological polar surface area (TPSA) is 64.1 Å². The van der Waals surface area contributed by atoms with Gasteiger partial charge in [-0.1, -0.05) is 54.1 Å². The van der Waals surface area contributed by atoms with Crippen LogP contribution in [0, 0.1) is 19.8 Å². The molecule has 1 aliphatic carbocycles. The van der Waals surface area contributed by atoms with E-state index in [1.54, 1.807) is 0 Å². The molecule has 0 atom stereocenters. The van der Waals surface area contributed by atoms with Gasteiger partial charge in [0.15, 0.2) is 0 Å². The van der Waals surface area contributed by atoms with Crippen molar-refractivity contribution in [1.29, 1.82) is 0 Å². The molecule has 1 fully saturated rings. The van der Waals surface area contributed by atoms with Crippen molar-refractivity contribution in [3.63, 3.8) is 0 Å². The van der Waals surface area contributed by atoms with E-state index in [9.17, 15) is 5.02 Å². The highest BCUT2D eigenvalue weighted by atomic mass is 16.5. The number of pyridine rings is 1. The fourth-order valence-corrected chi connectivity index (χ4v) is 5.00. The first-order valence-corrected chi connectivity index (χ1v) is 11.3. The van der Waals surface area contributed by atoms with Crippen LogP contribution in [-0.4, -0.2) is 27.2 Å². The second-order valence-electron chi connectivity index (χ2n) is 8.85. The normalized spacial score (nSPS) is 14.9. The second-order valence-corrected chi connectivity index (χ2v) is 8.85. The lowest BCUT2D eigenvalue weighted by Crippen LogP contribution is -2.13. The monoisotopic (exact) mass is 413 g/mol. The third kappa shape index (κ3) is 3.81. The van der Waals surface area contributed by atoms with Gasteiger partial charge in [0.2, 0.25) is 0 Å². The van der Waals surface area contributed by atoms with E-state index < -0.39 is 0 Å². The Hall–Kier alpha value is -2.86. The Bertz CT molecular complexity index is 1180. The number of aromatic nitrogens is 3. The summed E-state index contributed by atoms with van der Waals surface area (Å²) >= 11 is 0. The van der Waals surface area contributed by atoms with Crippen LogP contribution in [0.15, 0.2) is 47.2 Å². The average Bonchev–Trinajstić information content (AvgIpc) is 3.33. The highest BCUT2D eigenvalue weighted by Crippen LogP contribution is 2.35. The molecule has 1 saturated carbocycles. The minimum atomic E-state index is 0.0583. The smallest absolute Gasteiger partial charge is 0.304 e. The van der Waals surface area contributed by atoms with Crippen LogP contribution < -0.4 is 5.46 Å². The van der Waals surface area contributed by atoms with E-state index in [4.69, 9.17) is 9.51 Å². The number of nitrogens with zero attached hydrogens (tertiary/aromatic N) is 3. The summed E-state index contributed by atoms with van der Waals surface area (Å²) in [5.41, 5.74) is 8.34. The first-order valence-electron chi connectivity index (χ1n) is 11.3. The number of hydrogen-bond acceptors (Lipinski definition) is 4. The number of hydrogen-bond donors (Lipinski definition) is 1. The van der Waals surface area contributed by atoms with Crippen LogP contribution >= 0.6 is 0 Å². The molecule has 158 valence electrons. The Balaban J connectivity index is 1.63. The standard InChI is InChI=1S/C25H28BN3O2/c1-16-24(17(2)31-28-16)20-12-23-25(27-13-20)22(19-8-10-21(26-30)11-9-19)15-29(23)14-18-6-4-3-5-7-18/h8-13,15,18,26,30H,3-7,14H2,1-2H3. The van der Waals surface area contributed by atoms with Gasteiger partial charge in [-0.05, 0) is 44.2 Å². The van der Waals surface area contributed by atoms with Crippen molar-refractivity contribution in [1.82, 2.24) is 14.7 Å². The van der Waals surface area contributed by atoms with Crippen molar-refractivity contribution in [2.75, 3.05) is 0 Å². The molecular weight excluding hydrogens is 385 g/mol. The molecule has 0 amide bonds. The summed E-state index contributed by atoms with van der Waals surface area (Å²) in [5.74, 6) is 1.54. The Morgan fingerprint density at radius 1 is 1.10 bits per heavy atom. The van der Waals surface area contributed by atoms with Crippen LogP contribution in [0.3, 0.4) is 0 Å². The Labute approximate surface area is 183 Å². The number of rotatable bonds is 5. The Morgan fingerprint density at radius 3 is 2.55 bits per heavy atom. The van der Waals surface area contributed by atoms with Crippen molar-refractivity contribution in [2.24, 2.45) is 5.92 Å². The first kappa shape index (κ1) is 20.1. The minimum absolute atomic E-state index is 0.0583. The third-order valence-corrected chi connectivity index (χ3v) is 6.67. The average molecular weight is 413 g/mol. The van der Waals surface area contributed by atoms with Gasteiger partial charge in [-0.2, -0.15) is 0 Å². The zero-order chi connectivity index (χ0) is 21.4. The number of fused-ring (bicyclic) bond motifs is 1. The van der Waals surface area contributed by atoms with Gasteiger partial charge in [-0.3, -0.25) is 4.98 Å². The third-order valence-electron chi connectivity index (χ3n) is 6.67. The fraction of sp³-hybridized carbons (Fsp3) is 0.360. The molecule has 5 nitrogen and oxygen atoms in total. The van der Waals surface area contributed by atoms with Crippen LogP contribution in [0.2, 0.25) is 0 Å². The summed E-state index contributed by atoms with van der Waals surface area (Å²) in [6, 6.07) is 10.4. The fourth-order valence-electron chi connectivity index (χ4n) is 5.00. The predicted octanol–water partition coefficient (Wildman–Crippen LogP) is 4.52. The molecule has 0 bridgehead atoms. The van der Waals surface area contributed by atoms with Gasteiger partial charge in [0.1, 0.15) is 5.76 Å². The van der Waals surface area contributed by atoms with Crippen molar-refractivity contribution in [2.45, 2.75) is 52.5 Å². The van der Waals surface area contributed by atoms with Crippen LogP contribution in [0.4, 0.5) is 0 Å². The Kier molecular flexibility index (Phi) is 5.40. The van der Waals surface area contributed by atoms with Crippen molar-refractivity contribution < 1.29 is 9.55 Å². The molecule has 4 aromatic rings. The molecular formula is C25H28BN3O2. The largest absolute Gasteiger partial charge is 0.449 e. The molecule has 0 saturated heterocycles. The maximum Gasteiger partial charge on any atom is 0.304 e. The lowest BCUT2D eigenvalue weighted by Gasteiger charge is -2.22. The summed E-state index contributed by atoms with van der Waals surface area (Å²) in [5, 5.41) is 13.5. The zero-order valence-electron chi connectivity index (χ0n) is 18.3. The molecule has 1 aromatic carbocycles. The van der Waals surface area contributed by atoms with Gasteiger partial charge in [0, 0.05) is 35.6 Å². The number of aryl methyl sites for hydroxylation is 2. The van der Waals surface area contributed by atoms with Crippen LogP contribution in [0.1, 0.15) is 43.6 Å². The predicted molar refractivity (Wildman–Crippen MR) is 126 cm³/mol. The summed E-state index contributed by atoms with van der Waals surface area (Å²) in [4.78, 5) is 4.91. The summed E-state index contributed by atoms with van der Waals surface area (Å²) < 4.78 is 7.80. The van der Waals surface area contributed by atoms with E-state index in [2.05, 4.69) is 34.1 Å². The summed E-state index contributed by atoms with van der Waals surface area (Å²) in [6.07, 6.45) is 10.8. The molecule has 31 heavy (non-hydrogen) atoms. The minimum Gasteiger partial charge on any atom is -0.449 e. The molecule has 6 heteroatoms. The van der Waals surface area contributed by atoms with E-state index in [0.29, 0.717) is 0 Å². The molecule has 1 aliphatic rings. The van der Waals surface area contributed by atoms with Crippen LogP contribution in [0.5, 0.6) is 0 Å². The van der Waals surface area contributed by atoms with E-state index in [-0.39, 0.29) is 7.48 Å². The van der Waals surface area contributed by atoms with Gasteiger partial charge in [0.25, 0.3) is 0 Å². The van der Waals surface area contributed by atoms with Crippen molar-refractivity contribution >= 4 is 24.0 Å². The first-order chi connectivity index (χ1) is 15.1. The SMILES string of the molecule is Cc1noc(C)c1-c1cnc2c(-c3ccc(BO)cc3)cn(CC3CCCCC3)c2c1. The van der Waals surface area contributed by atoms with Gasteiger partial charge >= 0.3 is 7.48 Å². The lowest BCUT2D eigenvalue weighted by molar-refractivity contribution is 0.323. The molecule has 1 N–H and O–H groups in total. The molecule has 3 heterocycles. The van der Waals surface area contributed by atoms with Crippen LogP contribution in [0.25, 0.3) is 33.3 Å². The highest BCUT2D eigenvalue weighted by Gasteiger charge is 2.20. The second kappa shape index (κ2) is 8.35. The summed E-state index contributed by atoms with van der Waals surface area (Å²) in [7, 11) is 0.0583. The number of benzene rings is 1. The van der Waals surface area contributed by atoms with Gasteiger partial charge in [0.05, 0.1) is 16.7 Å². The molecule has 3 aromatic heterocycles. The van der Waals surface area contributed by atoms with E-state index in [0.717, 1.165) is 62.7 Å². The maximum atomic E-state index is 9.39. The van der Waals surface area contributed by atoms with Crippen molar-refractivity contribution in [3.8, 4) is 22.3 Å². The lowest BCUT2D eigenvalue weighted by atomic mass is 9.88. The molecule has 0 spiro atoms. The quantitative estimate of drug-likeness (QED) is 0.489. The maximum absolute atomic E-state index is 9.39. The van der Waals surface area contributed by atoms with Crippen molar-refractivity contribution in [3.05, 3.63) is 54.2 Å². The van der Waals surface area contributed by atoms with Gasteiger partial charge < -0.3 is 14.1 Å². The van der Waals surface area contributed by atoms with Gasteiger partial charge in [-0.15, -0.1) is 0 Å². The van der Waals surface area contributed by atoms with Crippen LogP contribution in [-0.2, 0) is 6.54 Å². The Morgan fingerprint density at radius 2 is 1.87 bits per heavy atom. The zero-order valence-corrected chi connectivity index (χ0v) is 18.3. The highest BCUT2D eigenvalue weighted by molar-refractivity contribution is 6.45. The van der Waals surface area contributed by atoms with E-state index in [1.807, 2.05) is 32.2 Å². The molecule has 0 unspecified atom stereocenters. The summed E-state index contributed by atoms with van der Waals surface area (Å²) in [6.45, 7) is 4.96. The molecule has 5 rings (SSSR count). The van der Waals surface area contributed by atoms with Gasteiger partial charge in [-0.25, -0.2) is 0 Å². The van der Waals surface area contributed by atoms with E-state index in [1.165, 1.54) is 32.1 Å². The van der Waals surface area contributed by atoms with E-state index >= 15 is 0 Å². The molecule has 0 radical (unpaired) electrons. The molecule has 0 aliphatic heterocycles.